The number of rotatable bonds is 2. The van der Waals surface area contributed by atoms with E-state index in [1.807, 2.05) is 0 Å². The van der Waals surface area contributed by atoms with Crippen LogP contribution in [0, 0.1) is 11.8 Å². The molecule has 2 rings (SSSR count). The zero-order valence-corrected chi connectivity index (χ0v) is 10.9. The first kappa shape index (κ1) is 12.4. The normalized spacial score (nSPS) is 29.0. The number of anilines is 1. The summed E-state index contributed by atoms with van der Waals surface area (Å²) in [5.74, 6) is 1.29. The molecule has 0 bridgehead atoms. The van der Waals surface area contributed by atoms with Gasteiger partial charge in [0.2, 0.25) is 0 Å². The molecule has 5 heteroatoms. The Kier molecular flexibility index (Phi) is 3.72. The number of aromatic amines is 1. The Hall–Kier alpha value is -1.03. The third-order valence-electron chi connectivity index (χ3n) is 3.84. The summed E-state index contributed by atoms with van der Waals surface area (Å²) in [4.78, 5) is 11.3. The van der Waals surface area contributed by atoms with Crippen LogP contribution in [0.25, 0.3) is 0 Å². The lowest BCUT2D eigenvalue weighted by Crippen LogP contribution is -2.35. The Balaban J connectivity index is 2.15. The van der Waals surface area contributed by atoms with Crippen LogP contribution in [0.1, 0.15) is 33.1 Å². The van der Waals surface area contributed by atoms with Gasteiger partial charge in [0.15, 0.2) is 0 Å². The van der Waals surface area contributed by atoms with Crippen LogP contribution in [-0.4, -0.2) is 16.2 Å². The molecule has 1 aliphatic rings. The lowest BCUT2D eigenvalue weighted by atomic mass is 9.78. The van der Waals surface area contributed by atoms with Gasteiger partial charge >= 0.3 is 0 Å². The van der Waals surface area contributed by atoms with Crippen LogP contribution >= 0.6 is 11.6 Å². The molecule has 1 aromatic rings. The summed E-state index contributed by atoms with van der Waals surface area (Å²) in [6.07, 6.45) is 5.20. The maximum atomic E-state index is 11.3. The van der Waals surface area contributed by atoms with Crippen LogP contribution in [-0.2, 0) is 0 Å². The van der Waals surface area contributed by atoms with Crippen molar-refractivity contribution in [1.82, 2.24) is 10.2 Å². The summed E-state index contributed by atoms with van der Waals surface area (Å²) >= 11 is 5.95. The summed E-state index contributed by atoms with van der Waals surface area (Å²) in [6.45, 7) is 4.52. The predicted octanol–water partition coefficient (Wildman–Crippen LogP) is 2.66. The van der Waals surface area contributed by atoms with Crippen molar-refractivity contribution < 1.29 is 0 Å². The van der Waals surface area contributed by atoms with E-state index >= 15 is 0 Å². The molecule has 3 atom stereocenters. The monoisotopic (exact) mass is 255 g/mol. The van der Waals surface area contributed by atoms with E-state index in [-0.39, 0.29) is 10.6 Å². The van der Waals surface area contributed by atoms with E-state index in [1.54, 1.807) is 6.20 Å². The highest BCUT2D eigenvalue weighted by Crippen LogP contribution is 2.32. The molecule has 3 unspecified atom stereocenters. The molecule has 0 amide bonds. The van der Waals surface area contributed by atoms with E-state index in [4.69, 9.17) is 11.6 Å². The van der Waals surface area contributed by atoms with E-state index < -0.39 is 0 Å². The zero-order chi connectivity index (χ0) is 12.4. The summed E-state index contributed by atoms with van der Waals surface area (Å²) in [7, 11) is 0. The van der Waals surface area contributed by atoms with Crippen LogP contribution < -0.4 is 10.9 Å². The molecule has 1 saturated carbocycles. The SMILES string of the molecule is CC1CCCC(Nc2cn[nH]c(=O)c2Cl)C1C. The van der Waals surface area contributed by atoms with Gasteiger partial charge in [-0.1, -0.05) is 38.3 Å². The van der Waals surface area contributed by atoms with E-state index in [0.29, 0.717) is 23.6 Å². The van der Waals surface area contributed by atoms with Crippen LogP contribution in [0.4, 0.5) is 5.69 Å². The molecule has 0 aromatic carbocycles. The number of aromatic nitrogens is 2. The van der Waals surface area contributed by atoms with Gasteiger partial charge in [-0.05, 0) is 18.3 Å². The average molecular weight is 256 g/mol. The minimum Gasteiger partial charge on any atom is -0.379 e. The Morgan fingerprint density at radius 2 is 2.24 bits per heavy atom. The number of hydrogen-bond donors (Lipinski definition) is 2. The van der Waals surface area contributed by atoms with Gasteiger partial charge in [0, 0.05) is 6.04 Å². The van der Waals surface area contributed by atoms with Crippen molar-refractivity contribution in [2.75, 3.05) is 5.32 Å². The first-order chi connectivity index (χ1) is 8.09. The van der Waals surface area contributed by atoms with Crippen molar-refractivity contribution >= 4 is 17.3 Å². The van der Waals surface area contributed by atoms with Gasteiger partial charge in [0.25, 0.3) is 5.56 Å². The molecule has 0 aliphatic heterocycles. The van der Waals surface area contributed by atoms with Crippen LogP contribution in [0.3, 0.4) is 0 Å². The van der Waals surface area contributed by atoms with Gasteiger partial charge in [0.05, 0.1) is 11.9 Å². The fraction of sp³-hybridized carbons (Fsp3) is 0.667. The fourth-order valence-corrected chi connectivity index (χ4v) is 2.62. The second kappa shape index (κ2) is 5.08. The van der Waals surface area contributed by atoms with Gasteiger partial charge < -0.3 is 5.32 Å². The molecular weight excluding hydrogens is 238 g/mol. The second-order valence-corrected chi connectivity index (χ2v) is 5.32. The van der Waals surface area contributed by atoms with E-state index in [0.717, 1.165) is 6.42 Å². The van der Waals surface area contributed by atoms with Gasteiger partial charge in [-0.3, -0.25) is 4.79 Å². The summed E-state index contributed by atoms with van der Waals surface area (Å²) in [5, 5.41) is 9.65. The molecule has 1 fully saturated rings. The van der Waals surface area contributed by atoms with Crippen molar-refractivity contribution in [3.63, 3.8) is 0 Å². The minimum absolute atomic E-state index is 0.199. The minimum atomic E-state index is -0.340. The standard InChI is InChI=1S/C12H18ClN3O/c1-7-4-3-5-9(8(7)2)15-10-6-14-16-12(17)11(10)13/h6-9H,3-5H2,1-2H3,(H2,15,16,17). The molecular formula is C12H18ClN3O. The molecule has 1 heterocycles. The first-order valence-electron chi connectivity index (χ1n) is 6.09. The third kappa shape index (κ3) is 2.63. The smallest absolute Gasteiger partial charge is 0.285 e. The first-order valence-corrected chi connectivity index (χ1v) is 6.47. The van der Waals surface area contributed by atoms with Gasteiger partial charge in [-0.2, -0.15) is 5.10 Å². The number of nitrogens with one attached hydrogen (secondary N) is 2. The molecule has 2 N–H and O–H groups in total. The van der Waals surface area contributed by atoms with E-state index in [1.165, 1.54) is 12.8 Å². The zero-order valence-electron chi connectivity index (χ0n) is 10.2. The van der Waals surface area contributed by atoms with Gasteiger partial charge in [-0.25, -0.2) is 5.10 Å². The quantitative estimate of drug-likeness (QED) is 0.854. The topological polar surface area (TPSA) is 57.8 Å². The Morgan fingerprint density at radius 1 is 1.47 bits per heavy atom. The van der Waals surface area contributed by atoms with Crippen molar-refractivity contribution in [2.45, 2.75) is 39.2 Å². The van der Waals surface area contributed by atoms with Crippen LogP contribution in [0.2, 0.25) is 5.02 Å². The lowest BCUT2D eigenvalue weighted by molar-refractivity contribution is 0.253. The van der Waals surface area contributed by atoms with E-state index in [9.17, 15) is 4.79 Å². The highest BCUT2D eigenvalue weighted by molar-refractivity contribution is 6.32. The molecule has 94 valence electrons. The highest BCUT2D eigenvalue weighted by Gasteiger charge is 2.27. The molecule has 1 aromatic heterocycles. The fourth-order valence-electron chi connectivity index (χ4n) is 2.47. The average Bonchev–Trinajstić information content (AvgIpc) is 2.31. The largest absolute Gasteiger partial charge is 0.379 e. The summed E-state index contributed by atoms with van der Waals surface area (Å²) in [5.41, 5.74) is 0.301. The highest BCUT2D eigenvalue weighted by atomic mass is 35.5. The molecule has 0 spiro atoms. The van der Waals surface area contributed by atoms with Crippen molar-refractivity contribution in [1.29, 1.82) is 0 Å². The Labute approximate surface area is 106 Å². The van der Waals surface area contributed by atoms with Crippen molar-refractivity contribution in [3.8, 4) is 0 Å². The summed E-state index contributed by atoms with van der Waals surface area (Å²) in [6, 6.07) is 0.375. The van der Waals surface area contributed by atoms with Crippen molar-refractivity contribution in [2.24, 2.45) is 11.8 Å². The molecule has 1 aliphatic carbocycles. The van der Waals surface area contributed by atoms with Crippen LogP contribution in [0.15, 0.2) is 11.0 Å². The number of halogens is 1. The van der Waals surface area contributed by atoms with Gasteiger partial charge in [0.1, 0.15) is 5.02 Å². The second-order valence-electron chi connectivity index (χ2n) is 4.94. The van der Waals surface area contributed by atoms with Crippen molar-refractivity contribution in [3.05, 3.63) is 21.6 Å². The maximum absolute atomic E-state index is 11.3. The lowest BCUT2D eigenvalue weighted by Gasteiger charge is -2.35. The summed E-state index contributed by atoms with van der Waals surface area (Å²) < 4.78 is 0. The molecule has 4 nitrogen and oxygen atoms in total. The Bertz CT molecular complexity index is 446. The molecule has 0 saturated heterocycles. The predicted molar refractivity (Wildman–Crippen MR) is 69.5 cm³/mol. The van der Waals surface area contributed by atoms with Crippen LogP contribution in [0.5, 0.6) is 0 Å². The van der Waals surface area contributed by atoms with Gasteiger partial charge in [-0.15, -0.1) is 0 Å². The number of nitrogens with zero attached hydrogens (tertiary/aromatic N) is 1. The molecule has 0 radical (unpaired) electrons. The molecule has 17 heavy (non-hydrogen) atoms. The van der Waals surface area contributed by atoms with E-state index in [2.05, 4.69) is 29.4 Å². The third-order valence-corrected chi connectivity index (χ3v) is 4.22. The number of hydrogen-bond acceptors (Lipinski definition) is 3. The maximum Gasteiger partial charge on any atom is 0.285 e. The Morgan fingerprint density at radius 3 is 3.00 bits per heavy atom. The number of H-pyrrole nitrogens is 1.